The van der Waals surface area contributed by atoms with E-state index in [0.29, 0.717) is 49.4 Å². The third-order valence-electron chi connectivity index (χ3n) is 4.19. The van der Waals surface area contributed by atoms with Gasteiger partial charge in [-0.2, -0.15) is 0 Å². The number of halogens is 1. The molecule has 0 atom stereocenters. The highest BCUT2D eigenvalue weighted by molar-refractivity contribution is 6.32. The summed E-state index contributed by atoms with van der Waals surface area (Å²) in [5.74, 6) is 3.14. The number of hydrogen-bond donors (Lipinski definition) is 0. The van der Waals surface area contributed by atoms with Gasteiger partial charge in [-0.25, -0.2) is 0 Å². The van der Waals surface area contributed by atoms with Crippen LogP contribution in [0.15, 0.2) is 57.8 Å². The van der Waals surface area contributed by atoms with Gasteiger partial charge in [0.2, 0.25) is 0 Å². The number of ether oxygens (including phenoxy) is 2. The molecule has 5 nitrogen and oxygen atoms in total. The molecule has 1 aliphatic heterocycles. The van der Waals surface area contributed by atoms with Gasteiger partial charge in [0.25, 0.3) is 0 Å². The highest BCUT2D eigenvalue weighted by Crippen LogP contribution is 2.38. The summed E-state index contributed by atoms with van der Waals surface area (Å²) in [6.07, 6.45) is 4.22. The number of fused-ring (bicyclic) bond motifs is 1. The molecule has 6 heteroatoms. The topological polar surface area (TPSA) is 48.0 Å². The van der Waals surface area contributed by atoms with Crippen LogP contribution in [0.25, 0.3) is 0 Å². The van der Waals surface area contributed by atoms with Crippen molar-refractivity contribution in [2.45, 2.75) is 26.1 Å². The molecule has 0 spiro atoms. The van der Waals surface area contributed by atoms with E-state index >= 15 is 0 Å². The number of hydrogen-bond acceptors (Lipinski definition) is 5. The zero-order chi connectivity index (χ0) is 17.8. The monoisotopic (exact) mass is 373 g/mol. The molecular formula is C20H20ClNO4. The minimum atomic E-state index is 0.579. The van der Waals surface area contributed by atoms with Crippen molar-refractivity contribution >= 4 is 11.6 Å². The van der Waals surface area contributed by atoms with Gasteiger partial charge in [0.1, 0.15) is 11.5 Å². The predicted molar refractivity (Wildman–Crippen MR) is 97.4 cm³/mol. The standard InChI is InChI=1S/C20H20ClNO4/c21-18-10-15(11-19-20(18)26-9-3-8-25-19)12-22(13-16-4-1-6-23-16)14-17-5-2-7-24-17/h1-2,4-7,10-11H,3,8-9,12-14H2. The van der Waals surface area contributed by atoms with Crippen LogP contribution in [-0.2, 0) is 19.6 Å². The van der Waals surface area contributed by atoms with E-state index in [0.717, 1.165) is 23.5 Å². The number of rotatable bonds is 6. The summed E-state index contributed by atoms with van der Waals surface area (Å²) in [5.41, 5.74) is 1.05. The maximum atomic E-state index is 6.43. The third-order valence-corrected chi connectivity index (χ3v) is 4.47. The van der Waals surface area contributed by atoms with Crippen LogP contribution in [0, 0.1) is 0 Å². The van der Waals surface area contributed by atoms with Crippen LogP contribution in [0.1, 0.15) is 23.5 Å². The minimum absolute atomic E-state index is 0.579. The van der Waals surface area contributed by atoms with E-state index in [9.17, 15) is 0 Å². The molecule has 0 unspecified atom stereocenters. The fourth-order valence-corrected chi connectivity index (χ4v) is 3.34. The first-order valence-corrected chi connectivity index (χ1v) is 9.01. The summed E-state index contributed by atoms with van der Waals surface area (Å²) in [7, 11) is 0. The first kappa shape index (κ1) is 17.1. The van der Waals surface area contributed by atoms with Crippen molar-refractivity contribution in [2.75, 3.05) is 13.2 Å². The second-order valence-corrected chi connectivity index (χ2v) is 6.67. The first-order valence-electron chi connectivity index (χ1n) is 8.63. The Morgan fingerprint density at radius 2 is 1.58 bits per heavy atom. The molecule has 3 heterocycles. The lowest BCUT2D eigenvalue weighted by Gasteiger charge is -2.21. The van der Waals surface area contributed by atoms with Gasteiger partial charge >= 0.3 is 0 Å². The number of benzene rings is 1. The Morgan fingerprint density at radius 3 is 2.23 bits per heavy atom. The molecule has 136 valence electrons. The summed E-state index contributed by atoms with van der Waals surface area (Å²) in [4.78, 5) is 2.23. The molecule has 0 fully saturated rings. The van der Waals surface area contributed by atoms with Gasteiger partial charge in [0.15, 0.2) is 11.5 Å². The summed E-state index contributed by atoms with van der Waals surface area (Å²) in [5, 5.41) is 0.579. The van der Waals surface area contributed by atoms with Gasteiger partial charge in [0, 0.05) is 13.0 Å². The fourth-order valence-electron chi connectivity index (χ4n) is 3.05. The third kappa shape index (κ3) is 4.06. The lowest BCUT2D eigenvalue weighted by Crippen LogP contribution is -2.22. The molecule has 0 saturated heterocycles. The molecule has 0 bridgehead atoms. The molecule has 0 saturated carbocycles. The molecule has 26 heavy (non-hydrogen) atoms. The molecule has 0 aliphatic carbocycles. The quantitative estimate of drug-likeness (QED) is 0.615. The predicted octanol–water partition coefficient (Wildman–Crippen LogP) is 4.89. The van der Waals surface area contributed by atoms with Gasteiger partial charge in [-0.05, 0) is 42.0 Å². The van der Waals surface area contributed by atoms with Crippen LogP contribution in [0.4, 0.5) is 0 Å². The molecule has 0 N–H and O–H groups in total. The number of furan rings is 2. The smallest absolute Gasteiger partial charge is 0.179 e. The van der Waals surface area contributed by atoms with Gasteiger partial charge in [0.05, 0.1) is 43.9 Å². The highest BCUT2D eigenvalue weighted by Gasteiger charge is 2.18. The normalized spacial score (nSPS) is 13.8. The lowest BCUT2D eigenvalue weighted by molar-refractivity contribution is 0.209. The van der Waals surface area contributed by atoms with Crippen molar-refractivity contribution in [2.24, 2.45) is 0 Å². The maximum Gasteiger partial charge on any atom is 0.179 e. The largest absolute Gasteiger partial charge is 0.489 e. The van der Waals surface area contributed by atoms with Crippen molar-refractivity contribution in [1.82, 2.24) is 4.90 Å². The van der Waals surface area contributed by atoms with E-state index in [1.807, 2.05) is 36.4 Å². The van der Waals surface area contributed by atoms with Crippen LogP contribution in [0.3, 0.4) is 0 Å². The fraction of sp³-hybridized carbons (Fsp3) is 0.300. The SMILES string of the molecule is Clc1cc(CN(Cc2ccco2)Cc2ccco2)cc2c1OCCCO2. The summed E-state index contributed by atoms with van der Waals surface area (Å²) >= 11 is 6.43. The zero-order valence-electron chi connectivity index (χ0n) is 14.3. The minimum Gasteiger partial charge on any atom is -0.489 e. The average Bonchev–Trinajstić information content (AvgIpc) is 3.26. The molecule has 1 aliphatic rings. The summed E-state index contributed by atoms with van der Waals surface area (Å²) in [6, 6.07) is 11.7. The molecule has 0 amide bonds. The zero-order valence-corrected chi connectivity index (χ0v) is 15.1. The van der Waals surface area contributed by atoms with Crippen molar-refractivity contribution in [3.8, 4) is 11.5 Å². The van der Waals surface area contributed by atoms with Gasteiger partial charge in [-0.1, -0.05) is 11.6 Å². The van der Waals surface area contributed by atoms with Gasteiger partial charge in [-0.3, -0.25) is 4.90 Å². The number of nitrogens with zero attached hydrogens (tertiary/aromatic N) is 1. The van der Waals surface area contributed by atoms with Crippen LogP contribution >= 0.6 is 11.6 Å². The Kier molecular flexibility index (Phi) is 5.18. The average molecular weight is 374 g/mol. The second-order valence-electron chi connectivity index (χ2n) is 6.26. The van der Waals surface area contributed by atoms with E-state index in [-0.39, 0.29) is 0 Å². The Hall–Kier alpha value is -2.37. The highest BCUT2D eigenvalue weighted by atomic mass is 35.5. The molecule has 1 aromatic carbocycles. The van der Waals surface area contributed by atoms with E-state index in [2.05, 4.69) is 4.90 Å². The van der Waals surface area contributed by atoms with Gasteiger partial charge < -0.3 is 18.3 Å². The molecular weight excluding hydrogens is 354 g/mol. The Bertz CT molecular complexity index is 794. The van der Waals surface area contributed by atoms with Crippen molar-refractivity contribution in [3.05, 3.63) is 71.0 Å². The Morgan fingerprint density at radius 1 is 0.885 bits per heavy atom. The summed E-state index contributed by atoms with van der Waals surface area (Å²) < 4.78 is 22.5. The maximum absolute atomic E-state index is 6.43. The second kappa shape index (κ2) is 7.89. The van der Waals surface area contributed by atoms with Crippen molar-refractivity contribution in [1.29, 1.82) is 0 Å². The van der Waals surface area contributed by atoms with Gasteiger partial charge in [-0.15, -0.1) is 0 Å². The first-order chi connectivity index (χ1) is 12.8. The van der Waals surface area contributed by atoms with Crippen LogP contribution < -0.4 is 9.47 Å². The van der Waals surface area contributed by atoms with Crippen molar-refractivity contribution < 1.29 is 18.3 Å². The van der Waals surface area contributed by atoms with Crippen LogP contribution in [0.2, 0.25) is 5.02 Å². The van der Waals surface area contributed by atoms with E-state index in [1.165, 1.54) is 0 Å². The van der Waals surface area contributed by atoms with Crippen LogP contribution in [0.5, 0.6) is 11.5 Å². The van der Waals surface area contributed by atoms with E-state index < -0.39 is 0 Å². The van der Waals surface area contributed by atoms with Crippen molar-refractivity contribution in [3.63, 3.8) is 0 Å². The molecule has 4 rings (SSSR count). The molecule has 3 aromatic rings. The Labute approximate surface area is 157 Å². The Balaban J connectivity index is 1.56. The summed E-state index contributed by atoms with van der Waals surface area (Å²) in [6.45, 7) is 3.27. The van der Waals surface area contributed by atoms with E-state index in [1.54, 1.807) is 12.5 Å². The van der Waals surface area contributed by atoms with E-state index in [4.69, 9.17) is 29.9 Å². The van der Waals surface area contributed by atoms with Crippen LogP contribution in [-0.4, -0.2) is 18.1 Å². The lowest BCUT2D eigenvalue weighted by atomic mass is 10.1. The molecule has 2 aromatic heterocycles. The molecule has 0 radical (unpaired) electrons.